The molecule has 0 unspecified atom stereocenters. The van der Waals surface area contributed by atoms with Gasteiger partial charge in [0, 0.05) is 11.0 Å². The topological polar surface area (TPSA) is 51.4 Å². The predicted octanol–water partition coefficient (Wildman–Crippen LogP) is 4.14. The predicted molar refractivity (Wildman–Crippen MR) is 95.6 cm³/mol. The van der Waals surface area contributed by atoms with Gasteiger partial charge in [-0.05, 0) is 52.8 Å². The number of benzene rings is 2. The molecule has 124 valence electrons. The normalized spacial score (nSPS) is 11.0. The molecule has 2 aromatic carbocycles. The van der Waals surface area contributed by atoms with E-state index in [-0.39, 0.29) is 0 Å². The van der Waals surface area contributed by atoms with E-state index in [2.05, 4.69) is 37.1 Å². The van der Waals surface area contributed by atoms with Gasteiger partial charge in [-0.2, -0.15) is 0 Å². The molecule has 6 heteroatoms. The zero-order valence-corrected chi connectivity index (χ0v) is 15.2. The minimum absolute atomic E-state index is 0.521. The van der Waals surface area contributed by atoms with E-state index in [1.807, 2.05) is 49.5 Å². The van der Waals surface area contributed by atoms with Crippen molar-refractivity contribution in [1.82, 2.24) is 15.1 Å². The standard InChI is InChI=1S/C18H18BrN3O2/c1-22(11-13-6-5-7-14(10-13)23-2)12-17-20-21-18(24-17)15-8-3-4-9-16(15)19/h3-10H,11-12H2,1-2H3. The fourth-order valence-corrected chi connectivity index (χ4v) is 2.88. The number of halogens is 1. The number of hydrogen-bond donors (Lipinski definition) is 0. The highest BCUT2D eigenvalue weighted by atomic mass is 79.9. The van der Waals surface area contributed by atoms with Crippen LogP contribution in [-0.2, 0) is 13.1 Å². The lowest BCUT2D eigenvalue weighted by molar-refractivity contribution is 0.282. The van der Waals surface area contributed by atoms with E-state index in [1.165, 1.54) is 5.56 Å². The number of hydrogen-bond acceptors (Lipinski definition) is 5. The number of ether oxygens (including phenoxy) is 1. The molecule has 0 saturated carbocycles. The lowest BCUT2D eigenvalue weighted by Gasteiger charge is -2.14. The highest BCUT2D eigenvalue weighted by molar-refractivity contribution is 9.10. The molecule has 1 heterocycles. The van der Waals surface area contributed by atoms with Crippen LogP contribution in [0.2, 0.25) is 0 Å². The van der Waals surface area contributed by atoms with Gasteiger partial charge in [0.05, 0.1) is 19.2 Å². The zero-order valence-electron chi connectivity index (χ0n) is 13.6. The Morgan fingerprint density at radius 2 is 1.92 bits per heavy atom. The SMILES string of the molecule is COc1cccc(CN(C)Cc2nnc(-c3ccccc3Br)o2)c1. The summed E-state index contributed by atoms with van der Waals surface area (Å²) in [5.41, 5.74) is 2.06. The van der Waals surface area contributed by atoms with Crippen molar-refractivity contribution in [3.05, 3.63) is 64.5 Å². The van der Waals surface area contributed by atoms with Gasteiger partial charge in [0.15, 0.2) is 0 Å². The minimum atomic E-state index is 0.521. The molecular weight excluding hydrogens is 370 g/mol. The second-order valence-electron chi connectivity index (χ2n) is 5.50. The summed E-state index contributed by atoms with van der Waals surface area (Å²) in [6.45, 7) is 1.35. The molecule has 0 aliphatic carbocycles. The Hall–Kier alpha value is -2.18. The van der Waals surface area contributed by atoms with Crippen LogP contribution in [0.5, 0.6) is 5.75 Å². The molecular formula is C18H18BrN3O2. The zero-order chi connectivity index (χ0) is 16.9. The van der Waals surface area contributed by atoms with Gasteiger partial charge in [0.2, 0.25) is 11.8 Å². The monoisotopic (exact) mass is 387 g/mol. The van der Waals surface area contributed by atoms with Crippen molar-refractivity contribution in [2.75, 3.05) is 14.2 Å². The van der Waals surface area contributed by atoms with E-state index in [9.17, 15) is 0 Å². The first-order valence-electron chi connectivity index (χ1n) is 7.54. The van der Waals surface area contributed by atoms with Gasteiger partial charge >= 0.3 is 0 Å². The summed E-state index contributed by atoms with van der Waals surface area (Å²) in [5.74, 6) is 1.97. The smallest absolute Gasteiger partial charge is 0.248 e. The minimum Gasteiger partial charge on any atom is -0.497 e. The second kappa shape index (κ2) is 7.59. The first-order chi connectivity index (χ1) is 11.7. The Morgan fingerprint density at radius 1 is 1.08 bits per heavy atom. The maximum absolute atomic E-state index is 5.79. The summed E-state index contributed by atoms with van der Waals surface area (Å²) in [6.07, 6.45) is 0. The molecule has 0 spiro atoms. The van der Waals surface area contributed by atoms with Crippen LogP contribution >= 0.6 is 15.9 Å². The Balaban J connectivity index is 1.67. The quantitative estimate of drug-likeness (QED) is 0.635. The van der Waals surface area contributed by atoms with E-state index in [1.54, 1.807) is 7.11 Å². The van der Waals surface area contributed by atoms with Crippen molar-refractivity contribution < 1.29 is 9.15 Å². The van der Waals surface area contributed by atoms with Crippen molar-refractivity contribution >= 4 is 15.9 Å². The van der Waals surface area contributed by atoms with E-state index >= 15 is 0 Å². The van der Waals surface area contributed by atoms with E-state index < -0.39 is 0 Å². The highest BCUT2D eigenvalue weighted by Crippen LogP contribution is 2.26. The Morgan fingerprint density at radius 3 is 2.71 bits per heavy atom. The molecule has 5 nitrogen and oxygen atoms in total. The van der Waals surface area contributed by atoms with Gasteiger partial charge in [-0.1, -0.05) is 24.3 Å². The van der Waals surface area contributed by atoms with Crippen LogP contribution in [-0.4, -0.2) is 29.3 Å². The van der Waals surface area contributed by atoms with E-state index in [0.29, 0.717) is 18.3 Å². The van der Waals surface area contributed by atoms with Crippen LogP contribution in [0.4, 0.5) is 0 Å². The molecule has 0 aliphatic rings. The summed E-state index contributed by atoms with van der Waals surface area (Å²) in [5, 5.41) is 8.29. The molecule has 1 aromatic heterocycles. The number of nitrogens with zero attached hydrogens (tertiary/aromatic N) is 3. The maximum Gasteiger partial charge on any atom is 0.248 e. The summed E-state index contributed by atoms with van der Waals surface area (Å²) >= 11 is 3.50. The van der Waals surface area contributed by atoms with Crippen molar-refractivity contribution in [3.8, 4) is 17.2 Å². The Bertz CT molecular complexity index is 819. The third kappa shape index (κ3) is 4.01. The molecule has 0 amide bonds. The summed E-state index contributed by atoms with van der Waals surface area (Å²) in [4.78, 5) is 2.12. The van der Waals surface area contributed by atoms with Gasteiger partial charge in [0.25, 0.3) is 0 Å². The van der Waals surface area contributed by atoms with Crippen LogP contribution in [0.3, 0.4) is 0 Å². The van der Waals surface area contributed by atoms with Gasteiger partial charge in [0.1, 0.15) is 5.75 Å². The lowest BCUT2D eigenvalue weighted by atomic mass is 10.2. The van der Waals surface area contributed by atoms with Crippen LogP contribution in [0.25, 0.3) is 11.5 Å². The molecule has 3 aromatic rings. The summed E-state index contributed by atoms with van der Waals surface area (Å²) < 4.78 is 12.0. The lowest BCUT2D eigenvalue weighted by Crippen LogP contribution is -2.17. The van der Waals surface area contributed by atoms with Crippen molar-refractivity contribution in [2.24, 2.45) is 0 Å². The third-order valence-corrected chi connectivity index (χ3v) is 4.25. The number of aromatic nitrogens is 2. The van der Waals surface area contributed by atoms with Crippen molar-refractivity contribution in [2.45, 2.75) is 13.1 Å². The van der Waals surface area contributed by atoms with Crippen molar-refractivity contribution in [1.29, 1.82) is 0 Å². The molecule has 0 N–H and O–H groups in total. The molecule has 0 radical (unpaired) electrons. The first kappa shape index (κ1) is 16.7. The summed E-state index contributed by atoms with van der Waals surface area (Å²) in [7, 11) is 3.69. The third-order valence-electron chi connectivity index (χ3n) is 3.56. The molecule has 0 saturated heterocycles. The molecule has 0 aliphatic heterocycles. The first-order valence-corrected chi connectivity index (χ1v) is 8.34. The number of methoxy groups -OCH3 is 1. The number of rotatable bonds is 6. The molecule has 0 bridgehead atoms. The van der Waals surface area contributed by atoms with Crippen LogP contribution in [0.15, 0.2) is 57.4 Å². The average molecular weight is 388 g/mol. The maximum atomic E-state index is 5.79. The van der Waals surface area contributed by atoms with Gasteiger partial charge in [-0.15, -0.1) is 10.2 Å². The van der Waals surface area contributed by atoms with Gasteiger partial charge < -0.3 is 9.15 Å². The second-order valence-corrected chi connectivity index (χ2v) is 6.36. The highest BCUT2D eigenvalue weighted by Gasteiger charge is 2.13. The molecule has 24 heavy (non-hydrogen) atoms. The largest absolute Gasteiger partial charge is 0.497 e. The fraction of sp³-hybridized carbons (Fsp3) is 0.222. The van der Waals surface area contributed by atoms with Gasteiger partial charge in [-0.25, -0.2) is 0 Å². The Labute approximate surface area is 149 Å². The van der Waals surface area contributed by atoms with E-state index in [0.717, 1.165) is 22.3 Å². The van der Waals surface area contributed by atoms with Crippen LogP contribution < -0.4 is 4.74 Å². The van der Waals surface area contributed by atoms with Crippen LogP contribution in [0.1, 0.15) is 11.5 Å². The fourth-order valence-electron chi connectivity index (χ4n) is 2.43. The molecule has 0 atom stereocenters. The Kier molecular flexibility index (Phi) is 5.27. The van der Waals surface area contributed by atoms with Crippen molar-refractivity contribution in [3.63, 3.8) is 0 Å². The molecule has 0 fully saturated rings. The molecule has 3 rings (SSSR count). The summed E-state index contributed by atoms with van der Waals surface area (Å²) in [6, 6.07) is 15.8. The average Bonchev–Trinajstić information content (AvgIpc) is 3.03. The van der Waals surface area contributed by atoms with Crippen LogP contribution in [0, 0.1) is 0 Å². The van der Waals surface area contributed by atoms with Gasteiger partial charge in [-0.3, -0.25) is 4.90 Å². The van der Waals surface area contributed by atoms with E-state index in [4.69, 9.17) is 9.15 Å².